The fraction of sp³-hybridized carbons (Fsp3) is 0.692. The van der Waals surface area contributed by atoms with Gasteiger partial charge in [-0.25, -0.2) is 0 Å². The second kappa shape index (κ2) is 5.29. The van der Waals surface area contributed by atoms with Crippen LogP contribution < -0.4 is 0 Å². The van der Waals surface area contributed by atoms with Crippen molar-refractivity contribution in [2.24, 2.45) is 0 Å². The maximum absolute atomic E-state index is 12.3. The third kappa shape index (κ3) is 2.38. The third-order valence-electron chi connectivity index (χ3n) is 3.62. The van der Waals surface area contributed by atoms with E-state index >= 15 is 0 Å². The summed E-state index contributed by atoms with van der Waals surface area (Å²) in [7, 11) is 5.46. The summed E-state index contributed by atoms with van der Waals surface area (Å²) in [6.45, 7) is 6.06. The van der Waals surface area contributed by atoms with Crippen LogP contribution in [0.5, 0.6) is 0 Å². The van der Waals surface area contributed by atoms with Crippen LogP contribution in [0.15, 0.2) is 12.4 Å². The van der Waals surface area contributed by atoms with Gasteiger partial charge in [0.05, 0.1) is 0 Å². The van der Waals surface area contributed by atoms with Crippen LogP contribution in [0.3, 0.4) is 0 Å². The number of hydrogen-bond donors (Lipinski definition) is 0. The number of alkyl halides is 1. The summed E-state index contributed by atoms with van der Waals surface area (Å²) in [5.74, 6) is 3.19. The van der Waals surface area contributed by atoms with Crippen LogP contribution in [-0.2, 0) is 5.54 Å². The van der Waals surface area contributed by atoms with Gasteiger partial charge in [0, 0.05) is 0 Å². The number of rotatable bonds is 5. The number of likely N-dealkylation sites (tertiary alicyclic amines) is 1. The molecule has 3 nitrogen and oxygen atoms in total. The predicted molar refractivity (Wildman–Crippen MR) is 71.0 cm³/mol. The predicted octanol–water partition coefficient (Wildman–Crippen LogP) is 1.50. The second-order valence-corrected chi connectivity index (χ2v) is 5.38. The van der Waals surface area contributed by atoms with Gasteiger partial charge >= 0.3 is 108 Å². The Labute approximate surface area is 109 Å². The molecule has 1 fully saturated rings. The molecular formula is C13H19BFN3. The second-order valence-electron chi connectivity index (χ2n) is 5.38. The quantitative estimate of drug-likeness (QED) is 0.735. The maximum atomic E-state index is 12.3. The van der Waals surface area contributed by atoms with Crippen LogP contribution in [0.1, 0.15) is 31.7 Å². The molecule has 2 rings (SSSR count). The standard InChI is InChI=1S/C13H19BFN3/c1-11(2)12-7-16-18(8-12)13(3-4-14)9-17(10-13)6-5-15/h7-8,11H,3,5-6,9-10H2,1-2H3. The van der Waals surface area contributed by atoms with Crippen molar-refractivity contribution in [2.75, 3.05) is 26.3 Å². The Morgan fingerprint density at radius 2 is 2.28 bits per heavy atom. The van der Waals surface area contributed by atoms with Crippen molar-refractivity contribution in [3.63, 3.8) is 0 Å². The first-order valence-corrected chi connectivity index (χ1v) is 6.38. The van der Waals surface area contributed by atoms with Gasteiger partial charge in [-0.2, -0.15) is 0 Å². The van der Waals surface area contributed by atoms with E-state index in [1.807, 2.05) is 10.9 Å². The molecule has 0 bridgehead atoms. The molecule has 0 radical (unpaired) electrons. The molecule has 5 heteroatoms. The van der Waals surface area contributed by atoms with Gasteiger partial charge in [0.1, 0.15) is 0 Å². The van der Waals surface area contributed by atoms with Gasteiger partial charge in [0.15, 0.2) is 0 Å². The summed E-state index contributed by atoms with van der Waals surface area (Å²) in [6, 6.07) is 0. The van der Waals surface area contributed by atoms with Gasteiger partial charge < -0.3 is 0 Å². The topological polar surface area (TPSA) is 21.1 Å². The Kier molecular flexibility index (Phi) is 3.93. The van der Waals surface area contributed by atoms with Gasteiger partial charge in [0.2, 0.25) is 0 Å². The third-order valence-corrected chi connectivity index (χ3v) is 3.62. The van der Waals surface area contributed by atoms with Gasteiger partial charge in [0.25, 0.3) is 0 Å². The first-order valence-electron chi connectivity index (χ1n) is 6.38. The van der Waals surface area contributed by atoms with Gasteiger partial charge in [-0.15, -0.1) is 0 Å². The van der Waals surface area contributed by atoms with Crippen molar-refractivity contribution in [3.05, 3.63) is 18.0 Å². The number of hydrogen-bond acceptors (Lipinski definition) is 2. The SMILES string of the molecule is B#CCC1(n2cc(C(C)C)cn2)CN(CCF)C1. The van der Waals surface area contributed by atoms with Gasteiger partial charge in [-0.3, -0.25) is 0 Å². The monoisotopic (exact) mass is 247 g/mol. The summed E-state index contributed by atoms with van der Waals surface area (Å²) in [4.78, 5) is 2.08. The normalized spacial score (nSPS) is 18.8. The zero-order chi connectivity index (χ0) is 13.2. The Morgan fingerprint density at radius 1 is 1.56 bits per heavy atom. The zero-order valence-electron chi connectivity index (χ0n) is 11.1. The molecule has 1 aliphatic heterocycles. The van der Waals surface area contributed by atoms with E-state index in [1.165, 1.54) is 5.56 Å². The Balaban J connectivity index is 2.14. The summed E-state index contributed by atoms with van der Waals surface area (Å²) >= 11 is 0. The van der Waals surface area contributed by atoms with Crippen molar-refractivity contribution >= 4 is 7.33 Å². The summed E-state index contributed by atoms with van der Waals surface area (Å²) in [5.41, 5.74) is 1.09. The molecule has 18 heavy (non-hydrogen) atoms. The first-order chi connectivity index (χ1) is 8.61. The van der Waals surface area contributed by atoms with Gasteiger partial charge in [-0.1, -0.05) is 0 Å². The van der Waals surface area contributed by atoms with E-state index in [2.05, 4.69) is 35.8 Å². The number of aromatic nitrogens is 2. The molecule has 0 N–H and O–H groups in total. The van der Waals surface area contributed by atoms with E-state index in [1.54, 1.807) is 0 Å². The number of halogens is 1. The van der Waals surface area contributed by atoms with Crippen LogP contribution in [0.25, 0.3) is 0 Å². The fourth-order valence-corrected chi connectivity index (χ4v) is 2.49. The molecule has 0 amide bonds. The van der Waals surface area contributed by atoms with E-state index in [0.717, 1.165) is 13.1 Å². The molecule has 1 aromatic heterocycles. The zero-order valence-corrected chi connectivity index (χ0v) is 11.1. The molecule has 96 valence electrons. The molecule has 0 spiro atoms. The molecule has 0 atom stereocenters. The van der Waals surface area contributed by atoms with E-state index in [9.17, 15) is 4.39 Å². The Hall–Kier alpha value is -1.06. The summed E-state index contributed by atoms with van der Waals surface area (Å²) < 4.78 is 14.3. The van der Waals surface area contributed by atoms with E-state index in [4.69, 9.17) is 7.33 Å². The van der Waals surface area contributed by atoms with Crippen LogP contribution in [-0.4, -0.2) is 48.3 Å². The van der Waals surface area contributed by atoms with Crippen LogP contribution in [0, 0.1) is 5.80 Å². The van der Waals surface area contributed by atoms with Crippen LogP contribution in [0.2, 0.25) is 0 Å². The molecule has 1 aliphatic rings. The summed E-state index contributed by atoms with van der Waals surface area (Å²) in [5, 5.41) is 4.45. The van der Waals surface area contributed by atoms with Gasteiger partial charge in [-0.05, 0) is 0 Å². The summed E-state index contributed by atoms with van der Waals surface area (Å²) in [6.07, 6.45) is 4.63. The van der Waals surface area contributed by atoms with Crippen LogP contribution in [0.4, 0.5) is 4.39 Å². The van der Waals surface area contributed by atoms with Crippen molar-refractivity contribution in [1.29, 1.82) is 0 Å². The average Bonchev–Trinajstić information content (AvgIpc) is 2.75. The van der Waals surface area contributed by atoms with E-state index < -0.39 is 0 Å². The fourth-order valence-electron chi connectivity index (χ4n) is 2.49. The van der Waals surface area contributed by atoms with Crippen molar-refractivity contribution < 1.29 is 4.39 Å². The van der Waals surface area contributed by atoms with E-state index in [0.29, 0.717) is 18.9 Å². The molecular weight excluding hydrogens is 228 g/mol. The van der Waals surface area contributed by atoms with Crippen LogP contribution >= 0.6 is 0 Å². The average molecular weight is 247 g/mol. The van der Waals surface area contributed by atoms with Crippen molar-refractivity contribution in [1.82, 2.24) is 14.7 Å². The molecule has 1 aromatic rings. The molecule has 2 heterocycles. The van der Waals surface area contributed by atoms with Crippen molar-refractivity contribution in [3.8, 4) is 5.80 Å². The first kappa shape index (κ1) is 13.4. The minimum absolute atomic E-state index is 0.128. The molecule has 0 aliphatic carbocycles. The number of nitrogens with zero attached hydrogens (tertiary/aromatic N) is 3. The van der Waals surface area contributed by atoms with E-state index in [-0.39, 0.29) is 12.2 Å². The molecule has 0 saturated carbocycles. The van der Waals surface area contributed by atoms with Crippen molar-refractivity contribution in [2.45, 2.75) is 31.7 Å². The molecule has 0 unspecified atom stereocenters. The molecule has 1 saturated heterocycles. The minimum atomic E-state index is -0.303. The Morgan fingerprint density at radius 3 is 2.78 bits per heavy atom. The Bertz CT molecular complexity index is 443. The molecule has 0 aromatic carbocycles.